The van der Waals surface area contributed by atoms with E-state index in [1.807, 2.05) is 0 Å². The molecule has 0 fully saturated rings. The lowest BCUT2D eigenvalue weighted by Gasteiger charge is -2.12. The Morgan fingerprint density at radius 2 is 2.00 bits per heavy atom. The quantitative estimate of drug-likeness (QED) is 0.757. The molecule has 2 nitrogen and oxygen atoms in total. The standard InChI is InChI=1S/C8H7F4NO/c9-5-1-2-6(13-4-5)7(14)3-8(10,11)12/h1-2,4,7,14H,3H2. The lowest BCUT2D eigenvalue weighted by Crippen LogP contribution is -2.14. The van der Waals surface area contributed by atoms with E-state index in [-0.39, 0.29) is 5.69 Å². The van der Waals surface area contributed by atoms with Crippen LogP contribution in [-0.2, 0) is 0 Å². The number of aliphatic hydroxyl groups excluding tert-OH is 1. The average Bonchev–Trinajstić information content (AvgIpc) is 2.02. The summed E-state index contributed by atoms with van der Waals surface area (Å²) in [4.78, 5) is 3.34. The van der Waals surface area contributed by atoms with E-state index >= 15 is 0 Å². The molecular weight excluding hydrogens is 202 g/mol. The van der Waals surface area contributed by atoms with Crippen molar-refractivity contribution in [3.8, 4) is 0 Å². The fourth-order valence-electron chi connectivity index (χ4n) is 0.908. The van der Waals surface area contributed by atoms with Gasteiger partial charge in [0, 0.05) is 0 Å². The van der Waals surface area contributed by atoms with Gasteiger partial charge in [0.1, 0.15) is 11.9 Å². The van der Waals surface area contributed by atoms with E-state index in [0.29, 0.717) is 0 Å². The lowest BCUT2D eigenvalue weighted by molar-refractivity contribution is -0.154. The molecule has 1 atom stereocenters. The first kappa shape index (κ1) is 10.9. The van der Waals surface area contributed by atoms with E-state index in [9.17, 15) is 17.6 Å². The van der Waals surface area contributed by atoms with Crippen molar-refractivity contribution in [2.45, 2.75) is 18.7 Å². The van der Waals surface area contributed by atoms with Gasteiger partial charge in [-0.1, -0.05) is 0 Å². The predicted molar refractivity (Wildman–Crippen MR) is 39.8 cm³/mol. The first-order valence-electron chi connectivity index (χ1n) is 3.75. The SMILES string of the molecule is OC(CC(F)(F)F)c1ccc(F)cn1. The van der Waals surface area contributed by atoms with Gasteiger partial charge in [-0.2, -0.15) is 13.2 Å². The van der Waals surface area contributed by atoms with Gasteiger partial charge >= 0.3 is 6.18 Å². The van der Waals surface area contributed by atoms with Crippen molar-refractivity contribution >= 4 is 0 Å². The van der Waals surface area contributed by atoms with Gasteiger partial charge < -0.3 is 5.11 Å². The van der Waals surface area contributed by atoms with Crippen molar-refractivity contribution in [3.63, 3.8) is 0 Å². The Morgan fingerprint density at radius 3 is 2.43 bits per heavy atom. The molecule has 1 unspecified atom stereocenters. The van der Waals surface area contributed by atoms with Crippen LogP contribution in [0.15, 0.2) is 18.3 Å². The Kier molecular flexibility index (Phi) is 3.05. The third kappa shape index (κ3) is 3.29. The first-order chi connectivity index (χ1) is 6.38. The number of hydrogen-bond acceptors (Lipinski definition) is 2. The summed E-state index contributed by atoms with van der Waals surface area (Å²) in [6, 6.07) is 1.97. The van der Waals surface area contributed by atoms with Crippen LogP contribution in [-0.4, -0.2) is 16.3 Å². The molecule has 0 saturated heterocycles. The van der Waals surface area contributed by atoms with Crippen molar-refractivity contribution in [1.82, 2.24) is 4.98 Å². The number of nitrogens with zero attached hydrogens (tertiary/aromatic N) is 1. The summed E-state index contributed by atoms with van der Waals surface area (Å²) < 4.78 is 47.7. The summed E-state index contributed by atoms with van der Waals surface area (Å²) in [6.07, 6.45) is -6.83. The predicted octanol–water partition coefficient (Wildman–Crippen LogP) is 2.21. The van der Waals surface area contributed by atoms with Gasteiger partial charge in [0.15, 0.2) is 0 Å². The molecule has 0 aliphatic carbocycles. The van der Waals surface area contributed by atoms with E-state index in [4.69, 9.17) is 5.11 Å². The number of alkyl halides is 3. The monoisotopic (exact) mass is 209 g/mol. The molecule has 0 bridgehead atoms. The summed E-state index contributed by atoms with van der Waals surface area (Å²) in [5, 5.41) is 9.04. The minimum absolute atomic E-state index is 0.191. The summed E-state index contributed by atoms with van der Waals surface area (Å²) >= 11 is 0. The highest BCUT2D eigenvalue weighted by Crippen LogP contribution is 2.28. The second-order valence-corrected chi connectivity index (χ2v) is 2.74. The van der Waals surface area contributed by atoms with Gasteiger partial charge in [0.05, 0.1) is 18.3 Å². The Morgan fingerprint density at radius 1 is 1.36 bits per heavy atom. The van der Waals surface area contributed by atoms with Crippen molar-refractivity contribution in [1.29, 1.82) is 0 Å². The van der Waals surface area contributed by atoms with E-state index < -0.39 is 24.5 Å². The summed E-state index contributed by atoms with van der Waals surface area (Å²) in [6.45, 7) is 0. The van der Waals surface area contributed by atoms with E-state index in [0.717, 1.165) is 18.3 Å². The highest BCUT2D eigenvalue weighted by molar-refractivity contribution is 5.08. The summed E-state index contributed by atoms with van der Waals surface area (Å²) in [5.41, 5.74) is -0.191. The Labute approximate surface area is 77.2 Å². The molecule has 1 rings (SSSR count). The zero-order chi connectivity index (χ0) is 10.8. The van der Waals surface area contributed by atoms with Crippen LogP contribution in [0.2, 0.25) is 0 Å². The molecule has 0 spiro atoms. The molecule has 0 aliphatic rings. The number of aromatic nitrogens is 1. The first-order valence-corrected chi connectivity index (χ1v) is 3.75. The zero-order valence-electron chi connectivity index (χ0n) is 6.92. The van der Waals surface area contributed by atoms with Crippen LogP contribution in [0.25, 0.3) is 0 Å². The molecule has 14 heavy (non-hydrogen) atoms. The van der Waals surface area contributed by atoms with Gasteiger partial charge in [-0.05, 0) is 12.1 Å². The van der Waals surface area contributed by atoms with Crippen molar-refractivity contribution < 1.29 is 22.7 Å². The fraction of sp³-hybridized carbons (Fsp3) is 0.375. The molecule has 0 amide bonds. The second kappa shape index (κ2) is 3.91. The molecule has 1 aromatic rings. The maximum absolute atomic E-state index is 12.3. The zero-order valence-corrected chi connectivity index (χ0v) is 6.92. The highest BCUT2D eigenvalue weighted by Gasteiger charge is 2.32. The molecule has 1 N–H and O–H groups in total. The largest absolute Gasteiger partial charge is 0.391 e. The Bertz CT molecular complexity index is 295. The maximum Gasteiger partial charge on any atom is 0.391 e. The highest BCUT2D eigenvalue weighted by atomic mass is 19.4. The molecule has 1 aromatic heterocycles. The van der Waals surface area contributed by atoms with Gasteiger partial charge in [0.2, 0.25) is 0 Å². The van der Waals surface area contributed by atoms with Crippen LogP contribution in [0, 0.1) is 5.82 Å². The van der Waals surface area contributed by atoms with Crippen LogP contribution in [0.4, 0.5) is 17.6 Å². The van der Waals surface area contributed by atoms with E-state index in [2.05, 4.69) is 4.98 Å². The van der Waals surface area contributed by atoms with Crippen LogP contribution in [0.1, 0.15) is 18.2 Å². The van der Waals surface area contributed by atoms with Gasteiger partial charge in [-0.25, -0.2) is 4.39 Å². The second-order valence-electron chi connectivity index (χ2n) is 2.74. The normalized spacial score (nSPS) is 14.1. The van der Waals surface area contributed by atoms with Crippen molar-refractivity contribution in [2.75, 3.05) is 0 Å². The third-order valence-electron chi connectivity index (χ3n) is 1.52. The van der Waals surface area contributed by atoms with E-state index in [1.54, 1.807) is 0 Å². The lowest BCUT2D eigenvalue weighted by atomic mass is 10.1. The van der Waals surface area contributed by atoms with E-state index in [1.165, 1.54) is 0 Å². The van der Waals surface area contributed by atoms with Crippen molar-refractivity contribution in [2.24, 2.45) is 0 Å². The number of rotatable bonds is 2. The topological polar surface area (TPSA) is 33.1 Å². The Balaban J connectivity index is 2.70. The molecule has 6 heteroatoms. The van der Waals surface area contributed by atoms with Gasteiger partial charge in [0.25, 0.3) is 0 Å². The molecular formula is C8H7F4NO. The summed E-state index contributed by atoms with van der Waals surface area (Å²) in [7, 11) is 0. The smallest absolute Gasteiger partial charge is 0.386 e. The van der Waals surface area contributed by atoms with Gasteiger partial charge in [-0.3, -0.25) is 4.98 Å². The minimum atomic E-state index is -4.46. The molecule has 0 aromatic carbocycles. The van der Waals surface area contributed by atoms with Crippen molar-refractivity contribution in [3.05, 3.63) is 29.8 Å². The molecule has 0 saturated carbocycles. The number of halogens is 4. The molecule has 0 radical (unpaired) electrons. The fourth-order valence-corrected chi connectivity index (χ4v) is 0.908. The minimum Gasteiger partial charge on any atom is -0.386 e. The summed E-state index contributed by atoms with van der Waals surface area (Å²) in [5.74, 6) is -0.659. The number of pyridine rings is 1. The van der Waals surface area contributed by atoms with Crippen LogP contribution >= 0.6 is 0 Å². The Hall–Kier alpha value is -1.17. The van der Waals surface area contributed by atoms with Crippen LogP contribution in [0.3, 0.4) is 0 Å². The maximum atomic E-state index is 12.3. The van der Waals surface area contributed by atoms with Gasteiger partial charge in [-0.15, -0.1) is 0 Å². The molecule has 0 aliphatic heterocycles. The number of hydrogen-bond donors (Lipinski definition) is 1. The molecule has 78 valence electrons. The van der Waals surface area contributed by atoms with Crippen LogP contribution < -0.4 is 0 Å². The number of aliphatic hydroxyl groups is 1. The van der Waals surface area contributed by atoms with Crippen LogP contribution in [0.5, 0.6) is 0 Å². The average molecular weight is 209 g/mol. The molecule has 1 heterocycles. The third-order valence-corrected chi connectivity index (χ3v) is 1.52.